The maximum Gasteiger partial charge on any atom is 0.411 e. The molecular formula is C33H41NO4. The topological polar surface area (TPSA) is 59.0 Å². The standard InChI is InChI=1S/C33H41NO4/c1-24(25-12-14-26(15-13-25)27-16-18-29(19-17-27)37-23-31(2,3)4)34-21-20-33(38-30(34)35,22-32(5,6)36)28-10-8-7-9-11-28/h7-19,24,36H,20-23H2,1-6H3/t24-,33-/m0/s1. The Labute approximate surface area is 227 Å². The predicted octanol–water partition coefficient (Wildman–Crippen LogP) is 7.74. The second-order valence-corrected chi connectivity index (χ2v) is 12.3. The fourth-order valence-corrected chi connectivity index (χ4v) is 5.07. The molecule has 3 aromatic rings. The van der Waals surface area contributed by atoms with E-state index < -0.39 is 11.2 Å². The van der Waals surface area contributed by atoms with Crippen molar-refractivity contribution in [3.63, 3.8) is 0 Å². The predicted molar refractivity (Wildman–Crippen MR) is 152 cm³/mol. The van der Waals surface area contributed by atoms with Crippen molar-refractivity contribution in [3.8, 4) is 16.9 Å². The van der Waals surface area contributed by atoms with Crippen LogP contribution in [0.25, 0.3) is 11.1 Å². The molecule has 1 saturated heterocycles. The molecule has 0 unspecified atom stereocenters. The van der Waals surface area contributed by atoms with Gasteiger partial charge in [-0.05, 0) is 60.6 Å². The lowest BCUT2D eigenvalue weighted by molar-refractivity contribution is -0.101. The molecule has 0 aliphatic carbocycles. The number of rotatable bonds is 8. The summed E-state index contributed by atoms with van der Waals surface area (Å²) >= 11 is 0. The molecule has 5 heteroatoms. The quantitative estimate of drug-likeness (QED) is 0.333. The van der Waals surface area contributed by atoms with Crippen molar-refractivity contribution in [1.29, 1.82) is 0 Å². The van der Waals surface area contributed by atoms with E-state index in [4.69, 9.17) is 9.47 Å². The fourth-order valence-electron chi connectivity index (χ4n) is 5.07. The first-order valence-corrected chi connectivity index (χ1v) is 13.5. The van der Waals surface area contributed by atoms with Gasteiger partial charge in [-0.15, -0.1) is 0 Å². The fraction of sp³-hybridized carbons (Fsp3) is 0.424. The molecule has 3 aromatic carbocycles. The van der Waals surface area contributed by atoms with Crippen LogP contribution in [0.2, 0.25) is 0 Å². The zero-order valence-electron chi connectivity index (χ0n) is 23.5. The largest absolute Gasteiger partial charge is 0.493 e. The van der Waals surface area contributed by atoms with Crippen molar-refractivity contribution in [3.05, 3.63) is 90.0 Å². The van der Waals surface area contributed by atoms with Crippen molar-refractivity contribution < 1.29 is 19.4 Å². The molecule has 0 aromatic heterocycles. The third-order valence-electron chi connectivity index (χ3n) is 7.01. The number of carbonyl (C=O) groups excluding carboxylic acids is 1. The van der Waals surface area contributed by atoms with Crippen LogP contribution >= 0.6 is 0 Å². The minimum atomic E-state index is -0.976. The van der Waals surface area contributed by atoms with E-state index in [9.17, 15) is 9.90 Å². The minimum absolute atomic E-state index is 0.116. The molecule has 1 aliphatic rings. The highest BCUT2D eigenvalue weighted by atomic mass is 16.6. The van der Waals surface area contributed by atoms with Crippen molar-refractivity contribution in [2.75, 3.05) is 13.2 Å². The Balaban J connectivity index is 1.45. The number of amides is 1. The lowest BCUT2D eigenvalue weighted by Crippen LogP contribution is -2.51. The summed E-state index contributed by atoms with van der Waals surface area (Å²) in [5.41, 5.74) is 2.48. The zero-order chi connectivity index (χ0) is 27.6. The monoisotopic (exact) mass is 515 g/mol. The summed E-state index contributed by atoms with van der Waals surface area (Å²) in [6, 6.07) is 26.1. The van der Waals surface area contributed by atoms with Crippen LogP contribution in [0.5, 0.6) is 5.75 Å². The summed E-state index contributed by atoms with van der Waals surface area (Å²) < 4.78 is 12.0. The van der Waals surface area contributed by atoms with Crippen LogP contribution in [-0.2, 0) is 10.3 Å². The van der Waals surface area contributed by atoms with E-state index in [1.54, 1.807) is 18.7 Å². The Hall–Kier alpha value is -3.31. The Morgan fingerprint density at radius 3 is 2.03 bits per heavy atom. The van der Waals surface area contributed by atoms with Crippen LogP contribution in [0.1, 0.15) is 71.6 Å². The molecule has 1 fully saturated rings. The van der Waals surface area contributed by atoms with Crippen LogP contribution in [0.15, 0.2) is 78.9 Å². The molecule has 202 valence electrons. The molecule has 0 saturated carbocycles. The molecular weight excluding hydrogens is 474 g/mol. The smallest absolute Gasteiger partial charge is 0.411 e. The summed E-state index contributed by atoms with van der Waals surface area (Å²) in [4.78, 5) is 15.1. The van der Waals surface area contributed by atoms with Crippen molar-refractivity contribution in [2.24, 2.45) is 5.41 Å². The lowest BCUT2D eigenvalue weighted by atomic mass is 9.80. The highest BCUT2D eigenvalue weighted by molar-refractivity contribution is 5.70. The lowest BCUT2D eigenvalue weighted by Gasteiger charge is -2.45. The van der Waals surface area contributed by atoms with E-state index >= 15 is 0 Å². The molecule has 0 spiro atoms. The van der Waals surface area contributed by atoms with E-state index in [0.29, 0.717) is 26.0 Å². The van der Waals surface area contributed by atoms with Crippen LogP contribution < -0.4 is 4.74 Å². The number of cyclic esters (lactones) is 1. The summed E-state index contributed by atoms with van der Waals surface area (Å²) in [5, 5.41) is 10.6. The Morgan fingerprint density at radius 1 is 0.921 bits per heavy atom. The van der Waals surface area contributed by atoms with Gasteiger partial charge in [0.25, 0.3) is 0 Å². The van der Waals surface area contributed by atoms with Gasteiger partial charge in [0.05, 0.1) is 18.2 Å². The van der Waals surface area contributed by atoms with Crippen molar-refractivity contribution in [1.82, 2.24) is 4.90 Å². The molecule has 1 amide bonds. The van der Waals surface area contributed by atoms with Gasteiger partial charge in [-0.25, -0.2) is 4.79 Å². The van der Waals surface area contributed by atoms with Gasteiger partial charge in [-0.2, -0.15) is 0 Å². The van der Waals surface area contributed by atoms with Gasteiger partial charge in [0.1, 0.15) is 11.4 Å². The number of nitrogens with zero attached hydrogens (tertiary/aromatic N) is 1. The number of aliphatic hydroxyl groups is 1. The molecule has 4 rings (SSSR count). The summed E-state index contributed by atoms with van der Waals surface area (Å²) in [5.74, 6) is 0.869. The van der Waals surface area contributed by atoms with Crippen molar-refractivity contribution in [2.45, 2.75) is 71.6 Å². The van der Waals surface area contributed by atoms with Gasteiger partial charge in [0, 0.05) is 19.4 Å². The number of benzene rings is 3. The van der Waals surface area contributed by atoms with Gasteiger partial charge < -0.3 is 19.5 Å². The van der Waals surface area contributed by atoms with Crippen molar-refractivity contribution >= 4 is 6.09 Å². The highest BCUT2D eigenvalue weighted by Gasteiger charge is 2.46. The van der Waals surface area contributed by atoms with Gasteiger partial charge >= 0.3 is 6.09 Å². The van der Waals surface area contributed by atoms with E-state index in [1.807, 2.05) is 49.4 Å². The van der Waals surface area contributed by atoms with Crippen LogP contribution in [0, 0.1) is 5.41 Å². The molecule has 2 atom stereocenters. The number of ether oxygens (including phenoxy) is 2. The first kappa shape index (κ1) is 27.7. The molecule has 5 nitrogen and oxygen atoms in total. The van der Waals surface area contributed by atoms with E-state index in [-0.39, 0.29) is 17.6 Å². The van der Waals surface area contributed by atoms with Crippen LogP contribution in [-0.4, -0.2) is 34.9 Å². The summed E-state index contributed by atoms with van der Waals surface area (Å²) in [6.07, 6.45) is 0.595. The number of hydrogen-bond donors (Lipinski definition) is 1. The second kappa shape index (κ2) is 10.8. The molecule has 0 radical (unpaired) electrons. The first-order valence-electron chi connectivity index (χ1n) is 13.5. The number of hydrogen-bond acceptors (Lipinski definition) is 4. The molecule has 1 heterocycles. The zero-order valence-corrected chi connectivity index (χ0v) is 23.5. The number of carbonyl (C=O) groups is 1. The van der Waals surface area contributed by atoms with Gasteiger partial charge in [0.2, 0.25) is 0 Å². The second-order valence-electron chi connectivity index (χ2n) is 12.3. The van der Waals surface area contributed by atoms with Crippen LogP contribution in [0.4, 0.5) is 4.79 Å². The third-order valence-corrected chi connectivity index (χ3v) is 7.01. The minimum Gasteiger partial charge on any atom is -0.493 e. The average molecular weight is 516 g/mol. The van der Waals surface area contributed by atoms with Gasteiger partial charge in [-0.1, -0.05) is 87.5 Å². The van der Waals surface area contributed by atoms with E-state index in [2.05, 4.69) is 57.2 Å². The molecule has 1 aliphatic heterocycles. The molecule has 0 bridgehead atoms. The van der Waals surface area contributed by atoms with Gasteiger partial charge in [-0.3, -0.25) is 0 Å². The molecule has 38 heavy (non-hydrogen) atoms. The first-order chi connectivity index (χ1) is 17.9. The van der Waals surface area contributed by atoms with Gasteiger partial charge in [0.15, 0.2) is 0 Å². The summed E-state index contributed by atoms with van der Waals surface area (Å²) in [7, 11) is 0. The SMILES string of the molecule is C[C@@H](c1ccc(-c2ccc(OCC(C)(C)C)cc2)cc1)N1CC[C@](CC(C)(C)O)(c2ccccc2)OC1=O. The Morgan fingerprint density at radius 2 is 1.50 bits per heavy atom. The average Bonchev–Trinajstić information content (AvgIpc) is 2.87. The maximum atomic E-state index is 13.3. The molecule has 1 N–H and O–H groups in total. The summed E-state index contributed by atoms with van der Waals surface area (Å²) in [6.45, 7) is 13.2. The third kappa shape index (κ3) is 6.76. The Kier molecular flexibility index (Phi) is 7.89. The maximum absolute atomic E-state index is 13.3. The van der Waals surface area contributed by atoms with E-state index in [0.717, 1.165) is 28.0 Å². The Bertz CT molecular complexity index is 1210. The highest BCUT2D eigenvalue weighted by Crippen LogP contribution is 2.42. The normalized spacial score (nSPS) is 19.1. The van der Waals surface area contributed by atoms with E-state index in [1.165, 1.54) is 0 Å². The van der Waals surface area contributed by atoms with Crippen LogP contribution in [0.3, 0.4) is 0 Å².